The number of rotatable bonds is 4. The predicted molar refractivity (Wildman–Crippen MR) is 128 cm³/mol. The van der Waals surface area contributed by atoms with Gasteiger partial charge in [-0.2, -0.15) is 0 Å². The number of aromatic nitrogens is 2. The topological polar surface area (TPSA) is 70.4 Å². The average Bonchev–Trinajstić information content (AvgIpc) is 3.22. The van der Waals surface area contributed by atoms with Crippen LogP contribution in [-0.4, -0.2) is 66.6 Å². The normalized spacial score (nSPS) is 17.8. The van der Waals surface area contributed by atoms with E-state index in [9.17, 15) is 14.0 Å². The molecule has 5 rings (SSSR count). The zero-order valence-corrected chi connectivity index (χ0v) is 19.6. The number of nitrogens with zero attached hydrogens (tertiary/aromatic N) is 5. The van der Waals surface area contributed by atoms with Crippen molar-refractivity contribution in [1.82, 2.24) is 14.3 Å². The number of hydrogen-bond acceptors (Lipinski definition) is 6. The van der Waals surface area contributed by atoms with Crippen molar-refractivity contribution in [3.05, 3.63) is 69.4 Å². The number of hydrogen-bond donors (Lipinski definition) is 0. The summed E-state index contributed by atoms with van der Waals surface area (Å²) in [6.07, 6.45) is 2.21. The molecule has 34 heavy (non-hydrogen) atoms. The summed E-state index contributed by atoms with van der Waals surface area (Å²) in [7, 11) is 3.35. The maximum absolute atomic E-state index is 14.3. The molecule has 2 aliphatic heterocycles. The second-order valence-corrected chi connectivity index (χ2v) is 9.14. The van der Waals surface area contributed by atoms with Crippen molar-refractivity contribution in [2.45, 2.75) is 26.0 Å². The molecule has 8 nitrogen and oxygen atoms in total. The number of benzene rings is 1. The Balaban J connectivity index is 1.62. The molecule has 3 aromatic rings. The van der Waals surface area contributed by atoms with Crippen LogP contribution in [0.4, 0.5) is 15.9 Å². The largest absolute Gasteiger partial charge is 0.375 e. The van der Waals surface area contributed by atoms with E-state index in [-0.39, 0.29) is 23.4 Å². The highest BCUT2D eigenvalue weighted by Gasteiger charge is 2.25. The van der Waals surface area contributed by atoms with Gasteiger partial charge in [-0.1, -0.05) is 6.07 Å². The molecule has 0 bridgehead atoms. The molecule has 1 unspecified atom stereocenters. The Morgan fingerprint density at radius 1 is 1.26 bits per heavy atom. The average molecular weight is 466 g/mol. The van der Waals surface area contributed by atoms with Gasteiger partial charge in [-0.05, 0) is 31.5 Å². The Labute approximate surface area is 197 Å². The van der Waals surface area contributed by atoms with E-state index < -0.39 is 0 Å². The third-order valence-corrected chi connectivity index (χ3v) is 6.47. The molecule has 1 aromatic carbocycles. The molecule has 1 atom stereocenters. The molecule has 0 aliphatic carbocycles. The first-order valence-electron chi connectivity index (χ1n) is 11.5. The lowest BCUT2D eigenvalue weighted by Crippen LogP contribution is -2.42. The van der Waals surface area contributed by atoms with Gasteiger partial charge in [0, 0.05) is 69.4 Å². The highest BCUT2D eigenvalue weighted by atomic mass is 19.1. The minimum atomic E-state index is -0.248. The summed E-state index contributed by atoms with van der Waals surface area (Å²) < 4.78 is 21.4. The summed E-state index contributed by atoms with van der Waals surface area (Å²) in [4.78, 5) is 36.4. The summed E-state index contributed by atoms with van der Waals surface area (Å²) in [5.41, 5.74) is 2.93. The minimum Gasteiger partial charge on any atom is -0.375 e. The fourth-order valence-electron chi connectivity index (χ4n) is 4.77. The fraction of sp³-hybridized carbons (Fsp3) is 0.400. The highest BCUT2D eigenvalue weighted by Crippen LogP contribution is 2.32. The van der Waals surface area contributed by atoms with Gasteiger partial charge < -0.3 is 19.4 Å². The summed E-state index contributed by atoms with van der Waals surface area (Å²) in [5.74, 6) is 0.189. The Bertz CT molecular complexity index is 1320. The molecule has 1 fully saturated rings. The number of amides is 1. The van der Waals surface area contributed by atoms with Crippen LogP contribution in [0.15, 0.2) is 41.3 Å². The van der Waals surface area contributed by atoms with Crippen molar-refractivity contribution in [1.29, 1.82) is 0 Å². The van der Waals surface area contributed by atoms with Crippen LogP contribution in [0.5, 0.6) is 0 Å². The molecule has 0 radical (unpaired) electrons. The zero-order chi connectivity index (χ0) is 24.0. The maximum Gasteiger partial charge on any atom is 0.259 e. The number of fused-ring (bicyclic) bond motifs is 2. The van der Waals surface area contributed by atoms with Crippen LogP contribution in [-0.2, 0) is 17.7 Å². The molecule has 0 spiro atoms. The number of ether oxygens (including phenoxy) is 1. The Hall–Kier alpha value is -3.46. The quantitative estimate of drug-likeness (QED) is 0.589. The van der Waals surface area contributed by atoms with Crippen molar-refractivity contribution in [3.8, 4) is 0 Å². The van der Waals surface area contributed by atoms with Crippen molar-refractivity contribution < 1.29 is 13.9 Å². The van der Waals surface area contributed by atoms with E-state index >= 15 is 0 Å². The number of pyridine rings is 1. The van der Waals surface area contributed by atoms with E-state index in [4.69, 9.17) is 9.72 Å². The van der Waals surface area contributed by atoms with Crippen LogP contribution >= 0.6 is 0 Å². The van der Waals surface area contributed by atoms with Gasteiger partial charge in [-0.15, -0.1) is 0 Å². The van der Waals surface area contributed by atoms with E-state index in [2.05, 4.69) is 9.80 Å². The standard InChI is InChI=1S/C25H28FN5O3/c1-16-13-30(9-10-34-16)22-12-23(32)31-15-18(25(33)28(2)3)11-17(24(31)27-22)14-29-8-7-19-20(26)5-4-6-21(19)29/h4-6,11-12,15-16H,7-10,13-14H2,1-3H3. The van der Waals surface area contributed by atoms with Crippen LogP contribution < -0.4 is 15.4 Å². The third-order valence-electron chi connectivity index (χ3n) is 6.47. The van der Waals surface area contributed by atoms with E-state index in [1.807, 2.05) is 13.0 Å². The van der Waals surface area contributed by atoms with Gasteiger partial charge in [0.25, 0.3) is 11.5 Å². The Morgan fingerprint density at radius 3 is 2.85 bits per heavy atom. The molecule has 1 saturated heterocycles. The van der Waals surface area contributed by atoms with Crippen molar-refractivity contribution in [2.24, 2.45) is 0 Å². The first-order chi connectivity index (χ1) is 16.3. The number of carbonyl (C=O) groups is 1. The van der Waals surface area contributed by atoms with Gasteiger partial charge in [-0.3, -0.25) is 14.0 Å². The fourth-order valence-corrected chi connectivity index (χ4v) is 4.77. The van der Waals surface area contributed by atoms with Gasteiger partial charge in [0.15, 0.2) is 0 Å². The second kappa shape index (κ2) is 8.72. The summed E-state index contributed by atoms with van der Waals surface area (Å²) in [6.45, 7) is 4.92. The first kappa shape index (κ1) is 22.3. The lowest BCUT2D eigenvalue weighted by atomic mass is 10.1. The van der Waals surface area contributed by atoms with Gasteiger partial charge >= 0.3 is 0 Å². The first-order valence-corrected chi connectivity index (χ1v) is 11.5. The van der Waals surface area contributed by atoms with E-state index in [1.165, 1.54) is 21.4 Å². The summed E-state index contributed by atoms with van der Waals surface area (Å²) in [6, 6.07) is 8.40. The van der Waals surface area contributed by atoms with Crippen LogP contribution in [0.1, 0.15) is 28.4 Å². The molecule has 178 valence electrons. The second-order valence-electron chi connectivity index (χ2n) is 9.14. The zero-order valence-electron chi connectivity index (χ0n) is 19.6. The minimum absolute atomic E-state index is 0.0459. The summed E-state index contributed by atoms with van der Waals surface area (Å²) in [5, 5.41) is 0. The lowest BCUT2D eigenvalue weighted by Gasteiger charge is -2.32. The van der Waals surface area contributed by atoms with Crippen molar-refractivity contribution in [3.63, 3.8) is 0 Å². The van der Waals surface area contributed by atoms with Gasteiger partial charge in [0.05, 0.1) is 18.3 Å². The van der Waals surface area contributed by atoms with E-state index in [0.29, 0.717) is 61.8 Å². The van der Waals surface area contributed by atoms with E-state index in [1.54, 1.807) is 32.4 Å². The Kier molecular flexibility index (Phi) is 5.73. The molecule has 9 heteroatoms. The van der Waals surface area contributed by atoms with Crippen LogP contribution in [0, 0.1) is 5.82 Å². The molecular weight excluding hydrogens is 437 g/mol. The smallest absolute Gasteiger partial charge is 0.259 e. The third kappa shape index (κ3) is 4.00. The Morgan fingerprint density at radius 2 is 2.09 bits per heavy atom. The van der Waals surface area contributed by atoms with Crippen molar-refractivity contribution >= 4 is 23.1 Å². The van der Waals surface area contributed by atoms with Crippen molar-refractivity contribution in [2.75, 3.05) is 50.1 Å². The van der Waals surface area contributed by atoms with Gasteiger partial charge in [0.2, 0.25) is 0 Å². The highest BCUT2D eigenvalue weighted by molar-refractivity contribution is 5.94. The van der Waals surface area contributed by atoms with Gasteiger partial charge in [0.1, 0.15) is 17.3 Å². The molecule has 2 aromatic heterocycles. The summed E-state index contributed by atoms with van der Waals surface area (Å²) >= 11 is 0. The number of morpholine rings is 1. The van der Waals surface area contributed by atoms with Crippen LogP contribution in [0.3, 0.4) is 0 Å². The molecule has 2 aliphatic rings. The molecule has 1 amide bonds. The SMILES string of the molecule is CC1CN(c2cc(=O)n3cc(C(=O)N(C)C)cc(CN4CCc5c(F)cccc54)c3n2)CCO1. The van der Waals surface area contributed by atoms with Crippen LogP contribution in [0.2, 0.25) is 0 Å². The number of carbonyl (C=O) groups excluding carboxylic acids is 1. The number of halogens is 1. The lowest BCUT2D eigenvalue weighted by molar-refractivity contribution is 0.0529. The monoisotopic (exact) mass is 465 g/mol. The van der Waals surface area contributed by atoms with Gasteiger partial charge in [-0.25, -0.2) is 9.37 Å². The van der Waals surface area contributed by atoms with E-state index in [0.717, 1.165) is 11.3 Å². The molecule has 0 N–H and O–H groups in total. The molecular formula is C25H28FN5O3. The molecule has 4 heterocycles. The molecule has 0 saturated carbocycles. The number of anilines is 2. The predicted octanol–water partition coefficient (Wildman–Crippen LogP) is 2.32. The van der Waals surface area contributed by atoms with Crippen LogP contribution in [0.25, 0.3) is 5.65 Å². The maximum atomic E-state index is 14.3.